The summed E-state index contributed by atoms with van der Waals surface area (Å²) in [6, 6.07) is 9.98. The Hall–Kier alpha value is -1.31. The number of rotatable bonds is 5. The van der Waals surface area contributed by atoms with Crippen molar-refractivity contribution < 1.29 is 4.79 Å². The normalized spacial score (nSPS) is 17.6. The lowest BCUT2D eigenvalue weighted by molar-refractivity contribution is -0.122. The van der Waals surface area contributed by atoms with Crippen LogP contribution in [0.2, 0.25) is 0 Å². The molecular weight excluding hydrogens is 222 g/mol. The maximum atomic E-state index is 12.1. The molecule has 0 atom stereocenters. The van der Waals surface area contributed by atoms with E-state index in [4.69, 9.17) is 0 Å². The number of benzene rings is 1. The first-order valence-electron chi connectivity index (χ1n) is 7.09. The Bertz CT molecular complexity index is 379. The fourth-order valence-electron chi connectivity index (χ4n) is 3.09. The molecule has 1 fully saturated rings. The highest BCUT2D eigenvalue weighted by atomic mass is 16.1. The fourth-order valence-corrected chi connectivity index (χ4v) is 3.09. The van der Waals surface area contributed by atoms with Gasteiger partial charge in [0.25, 0.3) is 0 Å². The van der Waals surface area contributed by atoms with E-state index in [9.17, 15) is 4.79 Å². The molecule has 0 spiro atoms. The molecule has 1 N–H and O–H groups in total. The molecule has 0 radical (unpaired) electrons. The van der Waals surface area contributed by atoms with Crippen molar-refractivity contribution in [2.45, 2.75) is 57.4 Å². The monoisotopic (exact) mass is 245 g/mol. The zero-order valence-electron chi connectivity index (χ0n) is 11.2. The van der Waals surface area contributed by atoms with Gasteiger partial charge in [-0.2, -0.15) is 0 Å². The number of hydrogen-bond donors (Lipinski definition) is 1. The highest BCUT2D eigenvalue weighted by Crippen LogP contribution is 2.33. The average Bonchev–Trinajstić information content (AvgIpc) is 2.79. The van der Waals surface area contributed by atoms with Crippen molar-refractivity contribution >= 4 is 5.91 Å². The zero-order chi connectivity index (χ0) is 12.8. The van der Waals surface area contributed by atoms with Crippen LogP contribution in [0.5, 0.6) is 0 Å². The smallest absolute Gasteiger partial charge is 0.224 e. The Kier molecular flexibility index (Phi) is 4.40. The van der Waals surface area contributed by atoms with Crippen molar-refractivity contribution in [3.8, 4) is 0 Å². The minimum Gasteiger partial charge on any atom is -0.350 e. The molecule has 1 saturated carbocycles. The van der Waals surface area contributed by atoms with Gasteiger partial charge in [0.15, 0.2) is 0 Å². The first-order chi connectivity index (χ1) is 8.74. The lowest BCUT2D eigenvalue weighted by Gasteiger charge is -2.30. The molecule has 2 heteroatoms. The summed E-state index contributed by atoms with van der Waals surface area (Å²) in [5.41, 5.74) is 1.19. The van der Waals surface area contributed by atoms with Crippen molar-refractivity contribution in [2.24, 2.45) is 0 Å². The number of nitrogens with one attached hydrogen (secondary N) is 1. The summed E-state index contributed by atoms with van der Waals surface area (Å²) in [5, 5.41) is 3.30. The van der Waals surface area contributed by atoms with Crippen LogP contribution in [-0.4, -0.2) is 11.4 Å². The third-order valence-electron chi connectivity index (χ3n) is 3.90. The molecular formula is C16H23NO. The Morgan fingerprint density at radius 2 is 1.89 bits per heavy atom. The lowest BCUT2D eigenvalue weighted by atomic mass is 9.91. The first-order valence-corrected chi connectivity index (χ1v) is 7.09. The summed E-state index contributed by atoms with van der Waals surface area (Å²) in [4.78, 5) is 12.1. The van der Waals surface area contributed by atoms with Crippen LogP contribution in [0.25, 0.3) is 0 Å². The summed E-state index contributed by atoms with van der Waals surface area (Å²) in [6.07, 6.45) is 7.59. The van der Waals surface area contributed by atoms with Crippen LogP contribution < -0.4 is 5.32 Å². The van der Waals surface area contributed by atoms with Gasteiger partial charge < -0.3 is 5.32 Å². The van der Waals surface area contributed by atoms with Gasteiger partial charge in [-0.3, -0.25) is 4.79 Å². The minimum absolute atomic E-state index is 0.0978. The van der Waals surface area contributed by atoms with Crippen molar-refractivity contribution in [1.82, 2.24) is 5.32 Å². The van der Waals surface area contributed by atoms with E-state index in [-0.39, 0.29) is 11.4 Å². The Balaban J connectivity index is 1.93. The van der Waals surface area contributed by atoms with Gasteiger partial charge in [0, 0.05) is 5.54 Å². The van der Waals surface area contributed by atoms with Crippen LogP contribution >= 0.6 is 0 Å². The topological polar surface area (TPSA) is 29.1 Å². The van der Waals surface area contributed by atoms with Crippen LogP contribution in [0.1, 0.15) is 51.0 Å². The van der Waals surface area contributed by atoms with Crippen molar-refractivity contribution in [1.29, 1.82) is 0 Å². The molecule has 1 aliphatic carbocycles. The molecule has 0 bridgehead atoms. The van der Waals surface area contributed by atoms with E-state index in [1.54, 1.807) is 0 Å². The van der Waals surface area contributed by atoms with Crippen molar-refractivity contribution in [3.63, 3.8) is 0 Å². The second-order valence-corrected chi connectivity index (χ2v) is 5.45. The van der Waals surface area contributed by atoms with E-state index in [0.29, 0.717) is 6.42 Å². The predicted octanol–water partition coefficient (Wildman–Crippen LogP) is 3.46. The molecule has 18 heavy (non-hydrogen) atoms. The van der Waals surface area contributed by atoms with Gasteiger partial charge in [0.1, 0.15) is 0 Å². The summed E-state index contributed by atoms with van der Waals surface area (Å²) in [5.74, 6) is 0.177. The quantitative estimate of drug-likeness (QED) is 0.845. The predicted molar refractivity (Wildman–Crippen MR) is 74.4 cm³/mol. The van der Waals surface area contributed by atoms with E-state index in [1.807, 2.05) is 30.3 Å². The molecule has 2 nitrogen and oxygen atoms in total. The summed E-state index contributed by atoms with van der Waals surface area (Å²) in [6.45, 7) is 2.20. The highest BCUT2D eigenvalue weighted by molar-refractivity contribution is 5.79. The Labute approximate surface area is 110 Å². The maximum absolute atomic E-state index is 12.1. The van der Waals surface area contributed by atoms with Crippen LogP contribution in [-0.2, 0) is 11.2 Å². The van der Waals surface area contributed by atoms with E-state index in [2.05, 4.69) is 12.2 Å². The molecule has 98 valence electrons. The van der Waals surface area contributed by atoms with Crippen molar-refractivity contribution in [3.05, 3.63) is 35.9 Å². The van der Waals surface area contributed by atoms with Gasteiger partial charge in [-0.1, -0.05) is 56.5 Å². The molecule has 1 aliphatic rings. The maximum Gasteiger partial charge on any atom is 0.224 e. The van der Waals surface area contributed by atoms with Gasteiger partial charge in [-0.05, 0) is 24.8 Å². The van der Waals surface area contributed by atoms with Gasteiger partial charge in [-0.15, -0.1) is 0 Å². The summed E-state index contributed by atoms with van der Waals surface area (Å²) >= 11 is 0. The van der Waals surface area contributed by atoms with Crippen LogP contribution in [0.4, 0.5) is 0 Å². The number of hydrogen-bond acceptors (Lipinski definition) is 1. The second kappa shape index (κ2) is 6.03. The zero-order valence-corrected chi connectivity index (χ0v) is 11.2. The fraction of sp³-hybridized carbons (Fsp3) is 0.562. The van der Waals surface area contributed by atoms with Gasteiger partial charge in [0.2, 0.25) is 5.91 Å². The second-order valence-electron chi connectivity index (χ2n) is 5.45. The lowest BCUT2D eigenvalue weighted by Crippen LogP contribution is -2.46. The molecule has 1 amide bonds. The van der Waals surface area contributed by atoms with Gasteiger partial charge >= 0.3 is 0 Å². The van der Waals surface area contributed by atoms with Crippen LogP contribution in [0, 0.1) is 0 Å². The largest absolute Gasteiger partial charge is 0.350 e. The number of amides is 1. The molecule has 0 unspecified atom stereocenters. The number of carbonyl (C=O) groups is 1. The Morgan fingerprint density at radius 1 is 1.22 bits per heavy atom. The van der Waals surface area contributed by atoms with E-state index in [0.717, 1.165) is 31.2 Å². The van der Waals surface area contributed by atoms with E-state index in [1.165, 1.54) is 12.8 Å². The van der Waals surface area contributed by atoms with E-state index >= 15 is 0 Å². The molecule has 1 aromatic rings. The summed E-state index contributed by atoms with van der Waals surface area (Å²) in [7, 11) is 0. The minimum atomic E-state index is 0.0978. The van der Waals surface area contributed by atoms with Crippen LogP contribution in [0.15, 0.2) is 30.3 Å². The Morgan fingerprint density at radius 3 is 2.50 bits per heavy atom. The highest BCUT2D eigenvalue weighted by Gasteiger charge is 2.33. The SMILES string of the molecule is CCCC1(NC(=O)Cc2ccccc2)CCCC1. The number of carbonyl (C=O) groups excluding carboxylic acids is 1. The molecule has 0 heterocycles. The van der Waals surface area contributed by atoms with Crippen LogP contribution in [0.3, 0.4) is 0 Å². The third kappa shape index (κ3) is 3.34. The van der Waals surface area contributed by atoms with Crippen molar-refractivity contribution in [2.75, 3.05) is 0 Å². The summed E-state index contributed by atoms with van der Waals surface area (Å²) < 4.78 is 0. The van der Waals surface area contributed by atoms with E-state index < -0.39 is 0 Å². The molecule has 0 aromatic heterocycles. The molecule has 2 rings (SSSR count). The molecule has 0 saturated heterocycles. The van der Waals surface area contributed by atoms with Gasteiger partial charge in [0.05, 0.1) is 6.42 Å². The standard InChI is InChI=1S/C16H23NO/c1-2-10-16(11-6-7-12-16)17-15(18)13-14-8-4-3-5-9-14/h3-5,8-9H,2,6-7,10-13H2,1H3,(H,17,18). The molecule has 1 aromatic carbocycles. The first kappa shape index (κ1) is 13.1. The molecule has 0 aliphatic heterocycles. The average molecular weight is 245 g/mol. The third-order valence-corrected chi connectivity index (χ3v) is 3.90. The van der Waals surface area contributed by atoms with Gasteiger partial charge in [-0.25, -0.2) is 0 Å².